The normalized spacial score (nSPS) is 11.3. The van der Waals surface area contributed by atoms with Crippen LogP contribution in [-0.2, 0) is 14.3 Å². The van der Waals surface area contributed by atoms with Crippen molar-refractivity contribution in [1.82, 2.24) is 0 Å². The molecule has 2 aromatic rings. The van der Waals surface area contributed by atoms with Gasteiger partial charge in [0.1, 0.15) is 5.75 Å². The van der Waals surface area contributed by atoms with E-state index in [9.17, 15) is 14.4 Å². The van der Waals surface area contributed by atoms with E-state index in [1.165, 1.54) is 13.8 Å². The van der Waals surface area contributed by atoms with Gasteiger partial charge < -0.3 is 14.8 Å². The van der Waals surface area contributed by atoms with Gasteiger partial charge >= 0.3 is 5.97 Å². The van der Waals surface area contributed by atoms with Crippen molar-refractivity contribution in [1.29, 1.82) is 0 Å². The molecule has 0 saturated heterocycles. The second kappa shape index (κ2) is 9.36. The molecule has 136 valence electrons. The third-order valence-corrected chi connectivity index (χ3v) is 3.53. The van der Waals surface area contributed by atoms with E-state index < -0.39 is 18.0 Å². The largest absolute Gasteiger partial charge is 0.493 e. The molecule has 0 aromatic heterocycles. The van der Waals surface area contributed by atoms with Crippen molar-refractivity contribution in [3.63, 3.8) is 0 Å². The number of nitrogens with one attached hydrogen (secondary N) is 1. The Labute approximate surface area is 152 Å². The molecule has 0 aliphatic heterocycles. The van der Waals surface area contributed by atoms with Gasteiger partial charge in [0, 0.05) is 11.3 Å². The van der Waals surface area contributed by atoms with Crippen LogP contribution in [0.5, 0.6) is 5.75 Å². The van der Waals surface area contributed by atoms with Crippen LogP contribution >= 0.6 is 0 Å². The Morgan fingerprint density at radius 2 is 1.77 bits per heavy atom. The van der Waals surface area contributed by atoms with Crippen LogP contribution in [-0.4, -0.2) is 30.4 Å². The predicted octanol–water partition coefficient (Wildman–Crippen LogP) is 3.23. The maximum atomic E-state index is 12.1. The third-order valence-electron chi connectivity index (χ3n) is 3.53. The fourth-order valence-corrected chi connectivity index (χ4v) is 2.14. The van der Waals surface area contributed by atoms with E-state index in [4.69, 9.17) is 9.47 Å². The number of hydrogen-bond donors (Lipinski definition) is 1. The van der Waals surface area contributed by atoms with E-state index in [0.717, 1.165) is 0 Å². The highest BCUT2D eigenvalue weighted by Crippen LogP contribution is 2.12. The number of ketones is 1. The summed E-state index contributed by atoms with van der Waals surface area (Å²) in [7, 11) is 0. The van der Waals surface area contributed by atoms with Crippen molar-refractivity contribution in [2.24, 2.45) is 0 Å². The van der Waals surface area contributed by atoms with E-state index >= 15 is 0 Å². The molecule has 1 amide bonds. The number of carbonyl (C=O) groups excluding carboxylic acids is 3. The molecule has 26 heavy (non-hydrogen) atoms. The predicted molar refractivity (Wildman–Crippen MR) is 97.2 cm³/mol. The Bertz CT molecular complexity index is 773. The number of rotatable bonds is 8. The molecular weight excluding hydrogens is 334 g/mol. The average Bonchev–Trinajstić information content (AvgIpc) is 2.62. The van der Waals surface area contributed by atoms with Gasteiger partial charge in [-0.15, -0.1) is 0 Å². The summed E-state index contributed by atoms with van der Waals surface area (Å²) in [6.45, 7) is 3.10. The fraction of sp³-hybridized carbons (Fsp3) is 0.250. The van der Waals surface area contributed by atoms with Crippen molar-refractivity contribution in [3.8, 4) is 5.75 Å². The quantitative estimate of drug-likeness (QED) is 0.581. The van der Waals surface area contributed by atoms with Crippen LogP contribution in [0.2, 0.25) is 0 Å². The molecule has 0 radical (unpaired) electrons. The molecule has 1 unspecified atom stereocenters. The first kappa shape index (κ1) is 19.2. The number of anilines is 1. The standard InChI is InChI=1S/C20H21NO5/c1-14(22)16-7-6-8-17(13-16)21-20(24)15(2)26-19(23)11-12-25-18-9-4-3-5-10-18/h3-10,13,15H,11-12H2,1-2H3,(H,21,24). The maximum absolute atomic E-state index is 12.1. The number of ether oxygens (including phenoxy) is 2. The van der Waals surface area contributed by atoms with Gasteiger partial charge in [0.25, 0.3) is 5.91 Å². The second-order valence-corrected chi connectivity index (χ2v) is 5.67. The lowest BCUT2D eigenvalue weighted by Crippen LogP contribution is -2.30. The third kappa shape index (κ3) is 6.05. The molecule has 2 rings (SSSR count). The molecule has 6 nitrogen and oxygen atoms in total. The first-order valence-corrected chi connectivity index (χ1v) is 8.25. The molecular formula is C20H21NO5. The molecule has 1 N–H and O–H groups in total. The van der Waals surface area contributed by atoms with Gasteiger partial charge in [0.15, 0.2) is 11.9 Å². The van der Waals surface area contributed by atoms with Gasteiger partial charge in [0.2, 0.25) is 0 Å². The summed E-state index contributed by atoms with van der Waals surface area (Å²) in [5, 5.41) is 2.62. The minimum absolute atomic E-state index is 0.0341. The summed E-state index contributed by atoms with van der Waals surface area (Å²) in [6.07, 6.45) is -0.924. The van der Waals surface area contributed by atoms with Crippen molar-refractivity contribution in [2.75, 3.05) is 11.9 Å². The van der Waals surface area contributed by atoms with E-state index in [1.807, 2.05) is 18.2 Å². The zero-order valence-corrected chi connectivity index (χ0v) is 14.7. The van der Waals surface area contributed by atoms with Crippen LogP contribution in [0.3, 0.4) is 0 Å². The van der Waals surface area contributed by atoms with Gasteiger partial charge in [-0.1, -0.05) is 30.3 Å². The Hall–Kier alpha value is -3.15. The molecule has 0 aliphatic rings. The molecule has 0 saturated carbocycles. The number of para-hydroxylation sites is 1. The minimum atomic E-state index is -0.958. The van der Waals surface area contributed by atoms with Gasteiger partial charge in [0.05, 0.1) is 13.0 Å². The fourth-order valence-electron chi connectivity index (χ4n) is 2.14. The van der Waals surface area contributed by atoms with Gasteiger partial charge in [-0.25, -0.2) is 0 Å². The first-order valence-electron chi connectivity index (χ1n) is 8.25. The lowest BCUT2D eigenvalue weighted by Gasteiger charge is -2.14. The maximum Gasteiger partial charge on any atom is 0.310 e. The number of esters is 1. The molecule has 0 fully saturated rings. The summed E-state index contributed by atoms with van der Waals surface area (Å²) in [6, 6.07) is 15.7. The second-order valence-electron chi connectivity index (χ2n) is 5.67. The van der Waals surface area contributed by atoms with E-state index in [1.54, 1.807) is 36.4 Å². The molecule has 0 bridgehead atoms. The topological polar surface area (TPSA) is 81.7 Å². The van der Waals surface area contributed by atoms with Crippen LogP contribution in [0.25, 0.3) is 0 Å². The average molecular weight is 355 g/mol. The van der Waals surface area contributed by atoms with Crippen molar-refractivity contribution in [2.45, 2.75) is 26.4 Å². The molecule has 1 atom stereocenters. The lowest BCUT2D eigenvalue weighted by molar-refractivity contribution is -0.153. The van der Waals surface area contributed by atoms with Crippen LogP contribution in [0.4, 0.5) is 5.69 Å². The Morgan fingerprint density at radius 1 is 1.04 bits per heavy atom. The van der Waals surface area contributed by atoms with E-state index in [2.05, 4.69) is 5.32 Å². The highest BCUT2D eigenvalue weighted by molar-refractivity contribution is 5.98. The minimum Gasteiger partial charge on any atom is -0.493 e. The van der Waals surface area contributed by atoms with Crippen molar-refractivity contribution in [3.05, 3.63) is 60.2 Å². The molecule has 2 aromatic carbocycles. The Morgan fingerprint density at radius 3 is 2.46 bits per heavy atom. The SMILES string of the molecule is CC(=O)c1cccc(NC(=O)C(C)OC(=O)CCOc2ccccc2)c1. The summed E-state index contributed by atoms with van der Waals surface area (Å²) in [5.74, 6) is -0.431. The van der Waals surface area contributed by atoms with Crippen LogP contribution in [0.15, 0.2) is 54.6 Å². The number of carbonyl (C=O) groups is 3. The lowest BCUT2D eigenvalue weighted by atomic mass is 10.1. The first-order chi connectivity index (χ1) is 12.5. The summed E-state index contributed by atoms with van der Waals surface area (Å²) >= 11 is 0. The van der Waals surface area contributed by atoms with Crippen LogP contribution in [0, 0.1) is 0 Å². The van der Waals surface area contributed by atoms with Gasteiger partial charge in [-0.3, -0.25) is 14.4 Å². The van der Waals surface area contributed by atoms with Crippen LogP contribution in [0.1, 0.15) is 30.6 Å². The van der Waals surface area contributed by atoms with Gasteiger partial charge in [-0.05, 0) is 38.1 Å². The van der Waals surface area contributed by atoms with Crippen LogP contribution < -0.4 is 10.1 Å². The number of hydrogen-bond acceptors (Lipinski definition) is 5. The Kier molecular flexibility index (Phi) is 6.91. The van der Waals surface area contributed by atoms with E-state index in [-0.39, 0.29) is 18.8 Å². The monoisotopic (exact) mass is 355 g/mol. The highest BCUT2D eigenvalue weighted by atomic mass is 16.5. The van der Waals surface area contributed by atoms with Crippen molar-refractivity contribution < 1.29 is 23.9 Å². The summed E-state index contributed by atoms with van der Waals surface area (Å²) in [4.78, 5) is 35.3. The Balaban J connectivity index is 1.78. The molecule has 0 aliphatic carbocycles. The smallest absolute Gasteiger partial charge is 0.310 e. The highest BCUT2D eigenvalue weighted by Gasteiger charge is 2.18. The summed E-state index contributed by atoms with van der Waals surface area (Å²) in [5.41, 5.74) is 0.962. The number of Topliss-reactive ketones (excluding diaryl/α,β-unsaturated/α-hetero) is 1. The molecule has 0 heterocycles. The van der Waals surface area contributed by atoms with Crippen molar-refractivity contribution >= 4 is 23.3 Å². The van der Waals surface area contributed by atoms with Gasteiger partial charge in [-0.2, -0.15) is 0 Å². The van der Waals surface area contributed by atoms with E-state index in [0.29, 0.717) is 17.0 Å². The number of benzene rings is 2. The zero-order valence-electron chi connectivity index (χ0n) is 14.7. The summed E-state index contributed by atoms with van der Waals surface area (Å²) < 4.78 is 10.5. The molecule has 0 spiro atoms. The zero-order chi connectivity index (χ0) is 18.9. The molecule has 6 heteroatoms. The number of amides is 1.